The molecule has 0 aliphatic heterocycles. The van der Waals surface area contributed by atoms with Crippen LogP contribution in [-0.4, -0.2) is 6.54 Å². The summed E-state index contributed by atoms with van der Waals surface area (Å²) < 4.78 is 0. The Kier molecular flexibility index (Phi) is 2.26. The number of nitrogens with two attached hydrogens (primary N) is 1. The van der Waals surface area contributed by atoms with Crippen LogP contribution in [0.15, 0.2) is 0 Å². The van der Waals surface area contributed by atoms with Crippen LogP contribution in [0.1, 0.15) is 12.8 Å². The predicted molar refractivity (Wildman–Crippen MR) is 33.6 cm³/mol. The van der Waals surface area contributed by atoms with Gasteiger partial charge in [-0.15, -0.1) is 12.4 Å². The molecule has 0 aromatic heterocycles. The molecule has 0 aromatic rings. The maximum absolute atomic E-state index is 8.33. The molecule has 2 nitrogen and oxygen atoms in total. The van der Waals surface area contributed by atoms with Crippen molar-refractivity contribution in [2.24, 2.45) is 11.1 Å². The quantitative estimate of drug-likeness (QED) is 0.570. The third kappa shape index (κ3) is 1.12. The van der Waals surface area contributed by atoms with Gasteiger partial charge in [0.1, 0.15) is 0 Å². The van der Waals surface area contributed by atoms with Crippen molar-refractivity contribution >= 4 is 12.4 Å². The van der Waals surface area contributed by atoms with Crippen LogP contribution in [0.3, 0.4) is 0 Å². The van der Waals surface area contributed by atoms with Crippen molar-refractivity contribution in [3.63, 3.8) is 0 Å². The van der Waals surface area contributed by atoms with Gasteiger partial charge in [0.2, 0.25) is 0 Å². The average molecular weight is 133 g/mol. The maximum Gasteiger partial charge on any atom is 0.0703 e. The zero-order chi connectivity index (χ0) is 5.33. The molecule has 0 spiro atoms. The van der Waals surface area contributed by atoms with Crippen molar-refractivity contribution in [3.05, 3.63) is 0 Å². The van der Waals surface area contributed by atoms with Crippen LogP contribution >= 0.6 is 12.4 Å². The lowest BCUT2D eigenvalue weighted by atomic mass is 10.1. The van der Waals surface area contributed by atoms with Crippen molar-refractivity contribution in [1.29, 1.82) is 5.26 Å². The molecule has 1 aliphatic carbocycles. The summed E-state index contributed by atoms with van der Waals surface area (Å²) in [7, 11) is 0. The van der Waals surface area contributed by atoms with E-state index in [9.17, 15) is 0 Å². The van der Waals surface area contributed by atoms with E-state index in [1.165, 1.54) is 0 Å². The summed E-state index contributed by atoms with van der Waals surface area (Å²) >= 11 is 0. The number of rotatable bonds is 1. The van der Waals surface area contributed by atoms with Gasteiger partial charge in [0.25, 0.3) is 0 Å². The summed E-state index contributed by atoms with van der Waals surface area (Å²) in [5.41, 5.74) is 5.17. The molecule has 3 heteroatoms. The first-order valence-corrected chi connectivity index (χ1v) is 2.44. The first kappa shape index (κ1) is 7.74. The molecule has 46 valence electrons. The normalized spacial score (nSPS) is 20.5. The Labute approximate surface area is 55.1 Å². The third-order valence-corrected chi connectivity index (χ3v) is 1.48. The van der Waals surface area contributed by atoms with Gasteiger partial charge in [-0.1, -0.05) is 0 Å². The molecule has 0 saturated heterocycles. The van der Waals surface area contributed by atoms with E-state index in [1.807, 2.05) is 0 Å². The summed E-state index contributed by atoms with van der Waals surface area (Å²) in [6.45, 7) is 0.545. The van der Waals surface area contributed by atoms with Gasteiger partial charge in [0.05, 0.1) is 11.5 Å². The van der Waals surface area contributed by atoms with Crippen LogP contribution < -0.4 is 5.73 Å². The van der Waals surface area contributed by atoms with Gasteiger partial charge in [0.15, 0.2) is 0 Å². The van der Waals surface area contributed by atoms with E-state index in [2.05, 4.69) is 6.07 Å². The Hall–Kier alpha value is -0.260. The van der Waals surface area contributed by atoms with Crippen molar-refractivity contribution in [2.45, 2.75) is 12.8 Å². The molecular formula is C5H9ClN2. The highest BCUT2D eigenvalue weighted by molar-refractivity contribution is 5.85. The molecule has 0 aromatic carbocycles. The van der Waals surface area contributed by atoms with Crippen molar-refractivity contribution in [1.82, 2.24) is 0 Å². The number of nitrogens with zero attached hydrogens (tertiary/aromatic N) is 1. The van der Waals surface area contributed by atoms with E-state index in [4.69, 9.17) is 11.0 Å². The minimum Gasteiger partial charge on any atom is -0.329 e. The second kappa shape index (κ2) is 2.34. The van der Waals surface area contributed by atoms with E-state index in [0.29, 0.717) is 6.54 Å². The van der Waals surface area contributed by atoms with E-state index in [-0.39, 0.29) is 17.8 Å². The summed E-state index contributed by atoms with van der Waals surface area (Å²) in [4.78, 5) is 0. The number of hydrogen-bond acceptors (Lipinski definition) is 2. The third-order valence-electron chi connectivity index (χ3n) is 1.48. The summed E-state index contributed by atoms with van der Waals surface area (Å²) in [6, 6.07) is 2.18. The van der Waals surface area contributed by atoms with Gasteiger partial charge >= 0.3 is 0 Å². The molecule has 1 rings (SSSR count). The smallest absolute Gasteiger partial charge is 0.0703 e. The highest BCUT2D eigenvalue weighted by atomic mass is 35.5. The Bertz CT molecular complexity index is 112. The molecule has 1 aliphatic rings. The molecule has 8 heavy (non-hydrogen) atoms. The van der Waals surface area contributed by atoms with Crippen LogP contribution in [-0.2, 0) is 0 Å². The fraction of sp³-hybridized carbons (Fsp3) is 0.800. The lowest BCUT2D eigenvalue weighted by Gasteiger charge is -1.93. The number of hydrogen-bond donors (Lipinski definition) is 1. The molecule has 0 bridgehead atoms. The second-order valence-electron chi connectivity index (χ2n) is 2.10. The summed E-state index contributed by atoms with van der Waals surface area (Å²) in [5.74, 6) is 0. The standard InChI is InChI=1S/C5H8N2.ClH/c6-3-5(4-7)1-2-5;/h1-3,6H2;1H. The monoisotopic (exact) mass is 132 g/mol. The van der Waals surface area contributed by atoms with Crippen LogP contribution in [0.2, 0.25) is 0 Å². The average Bonchev–Trinajstić information content (AvgIpc) is 2.46. The Morgan fingerprint density at radius 2 is 2.12 bits per heavy atom. The van der Waals surface area contributed by atoms with Gasteiger partial charge in [-0.3, -0.25) is 0 Å². The molecule has 0 amide bonds. The van der Waals surface area contributed by atoms with Gasteiger partial charge in [0, 0.05) is 6.54 Å². The van der Waals surface area contributed by atoms with Gasteiger partial charge in [-0.05, 0) is 12.8 Å². The minimum atomic E-state index is -0.0833. The number of nitriles is 1. The molecule has 0 atom stereocenters. The van der Waals surface area contributed by atoms with Crippen molar-refractivity contribution in [2.75, 3.05) is 6.54 Å². The predicted octanol–water partition coefficient (Wildman–Crippen LogP) is 0.671. The number of halogens is 1. The first-order chi connectivity index (χ1) is 3.33. The minimum absolute atomic E-state index is 0. The highest BCUT2D eigenvalue weighted by Gasteiger charge is 2.41. The molecule has 0 heterocycles. The maximum atomic E-state index is 8.33. The highest BCUT2D eigenvalue weighted by Crippen LogP contribution is 2.43. The SMILES string of the molecule is Cl.N#CC1(CN)CC1. The zero-order valence-corrected chi connectivity index (χ0v) is 5.37. The van der Waals surface area contributed by atoms with E-state index in [0.717, 1.165) is 12.8 Å². The Balaban J connectivity index is 0.000000490. The molecule has 1 fully saturated rings. The molecule has 1 saturated carbocycles. The summed E-state index contributed by atoms with van der Waals surface area (Å²) in [6.07, 6.45) is 2.03. The zero-order valence-electron chi connectivity index (χ0n) is 4.55. The molecular weight excluding hydrogens is 124 g/mol. The fourth-order valence-corrected chi connectivity index (χ4v) is 0.512. The van der Waals surface area contributed by atoms with E-state index in [1.54, 1.807) is 0 Å². The van der Waals surface area contributed by atoms with Crippen LogP contribution in [0, 0.1) is 16.7 Å². The summed E-state index contributed by atoms with van der Waals surface area (Å²) in [5, 5.41) is 8.33. The molecule has 0 radical (unpaired) electrons. The lowest BCUT2D eigenvalue weighted by molar-refractivity contribution is 0.683. The Morgan fingerprint density at radius 1 is 1.62 bits per heavy atom. The van der Waals surface area contributed by atoms with E-state index < -0.39 is 0 Å². The van der Waals surface area contributed by atoms with Gasteiger partial charge in [-0.25, -0.2) is 0 Å². The van der Waals surface area contributed by atoms with Crippen LogP contribution in [0.5, 0.6) is 0 Å². The Morgan fingerprint density at radius 3 is 2.12 bits per heavy atom. The topological polar surface area (TPSA) is 49.8 Å². The fourth-order valence-electron chi connectivity index (χ4n) is 0.512. The van der Waals surface area contributed by atoms with Crippen molar-refractivity contribution in [3.8, 4) is 6.07 Å². The van der Waals surface area contributed by atoms with Gasteiger partial charge in [-0.2, -0.15) is 5.26 Å². The van der Waals surface area contributed by atoms with Crippen LogP contribution in [0.4, 0.5) is 0 Å². The van der Waals surface area contributed by atoms with Gasteiger partial charge < -0.3 is 5.73 Å². The largest absolute Gasteiger partial charge is 0.329 e. The molecule has 0 unspecified atom stereocenters. The lowest BCUT2D eigenvalue weighted by Crippen LogP contribution is -2.12. The second-order valence-corrected chi connectivity index (χ2v) is 2.10. The van der Waals surface area contributed by atoms with Crippen molar-refractivity contribution < 1.29 is 0 Å². The first-order valence-electron chi connectivity index (χ1n) is 2.44. The van der Waals surface area contributed by atoms with Crippen LogP contribution in [0.25, 0.3) is 0 Å². The van der Waals surface area contributed by atoms with E-state index >= 15 is 0 Å². The molecule has 2 N–H and O–H groups in total.